The van der Waals surface area contributed by atoms with E-state index in [1.165, 1.54) is 6.20 Å². The Kier molecular flexibility index (Phi) is 6.89. The van der Waals surface area contributed by atoms with Gasteiger partial charge in [0.15, 0.2) is 5.82 Å². The number of para-hydroxylation sites is 1. The fourth-order valence-corrected chi connectivity index (χ4v) is 3.38. The smallest absolute Gasteiger partial charge is 0.307 e. The van der Waals surface area contributed by atoms with Crippen molar-refractivity contribution in [3.63, 3.8) is 0 Å². The van der Waals surface area contributed by atoms with E-state index in [4.69, 9.17) is 20.0 Å². The lowest BCUT2D eigenvalue weighted by Crippen LogP contribution is -2.05. The number of ether oxygens (including phenoxy) is 1. The molecule has 31 heavy (non-hydrogen) atoms. The zero-order valence-electron chi connectivity index (χ0n) is 16.4. The third-order valence-corrected chi connectivity index (χ3v) is 4.76. The van der Waals surface area contributed by atoms with Gasteiger partial charge < -0.3 is 20.0 Å². The highest BCUT2D eigenvalue weighted by Crippen LogP contribution is 2.33. The summed E-state index contributed by atoms with van der Waals surface area (Å²) in [4.78, 5) is 15.1. The number of hydrogen-bond acceptors (Lipinski definition) is 5. The van der Waals surface area contributed by atoms with Gasteiger partial charge >= 0.3 is 5.97 Å². The Morgan fingerprint density at radius 1 is 1.16 bits per heavy atom. The zero-order valence-corrected chi connectivity index (χ0v) is 17.2. The van der Waals surface area contributed by atoms with Gasteiger partial charge in [-0.2, -0.15) is 0 Å². The average molecular weight is 443 g/mol. The molecule has 4 aromatic rings. The van der Waals surface area contributed by atoms with Crippen LogP contribution in [0.15, 0.2) is 65.4 Å². The zero-order chi connectivity index (χ0) is 21.1. The Bertz CT molecular complexity index is 1230. The van der Waals surface area contributed by atoms with Crippen LogP contribution in [-0.2, 0) is 24.4 Å². The number of nitrogens with two attached hydrogens (primary N) is 1. The molecule has 2 aromatic heterocycles. The number of benzene rings is 2. The number of carboxylic acids is 1. The van der Waals surface area contributed by atoms with Crippen LogP contribution in [0.4, 0.5) is 4.39 Å². The highest BCUT2D eigenvalue weighted by molar-refractivity contribution is 5.93. The summed E-state index contributed by atoms with van der Waals surface area (Å²) in [6.45, 7) is 0.172. The third-order valence-electron chi connectivity index (χ3n) is 4.76. The molecule has 0 fully saturated rings. The predicted molar refractivity (Wildman–Crippen MR) is 117 cm³/mol. The van der Waals surface area contributed by atoms with Crippen LogP contribution in [-0.4, -0.2) is 16.1 Å². The van der Waals surface area contributed by atoms with E-state index in [9.17, 15) is 9.18 Å². The molecule has 0 saturated carbocycles. The van der Waals surface area contributed by atoms with Gasteiger partial charge in [0.25, 0.3) is 0 Å². The second-order valence-electron chi connectivity index (χ2n) is 6.77. The van der Waals surface area contributed by atoms with Crippen LogP contribution in [0.3, 0.4) is 0 Å². The van der Waals surface area contributed by atoms with Crippen LogP contribution in [0.25, 0.3) is 22.1 Å². The van der Waals surface area contributed by atoms with Gasteiger partial charge in [-0.1, -0.05) is 18.2 Å². The fourth-order valence-electron chi connectivity index (χ4n) is 3.38. The van der Waals surface area contributed by atoms with Crippen molar-refractivity contribution < 1.29 is 23.4 Å². The minimum Gasteiger partial charge on any atom is -0.489 e. The summed E-state index contributed by atoms with van der Waals surface area (Å²) in [5, 5.41) is 9.89. The molecule has 0 radical (unpaired) electrons. The van der Waals surface area contributed by atoms with Crippen molar-refractivity contribution in [2.24, 2.45) is 5.73 Å². The van der Waals surface area contributed by atoms with Gasteiger partial charge in [-0.25, -0.2) is 4.39 Å². The van der Waals surface area contributed by atoms with E-state index in [0.29, 0.717) is 28.0 Å². The van der Waals surface area contributed by atoms with Crippen LogP contribution in [0.2, 0.25) is 0 Å². The maximum absolute atomic E-state index is 14.9. The Balaban J connectivity index is 0.00000272. The van der Waals surface area contributed by atoms with Crippen molar-refractivity contribution in [2.75, 3.05) is 0 Å². The van der Waals surface area contributed by atoms with Crippen LogP contribution >= 0.6 is 12.4 Å². The molecule has 0 aliphatic heterocycles. The number of aromatic nitrogens is 1. The summed E-state index contributed by atoms with van der Waals surface area (Å²) in [6, 6.07) is 14.1. The summed E-state index contributed by atoms with van der Waals surface area (Å²) < 4.78 is 26.4. The number of rotatable bonds is 7. The number of hydrogen-bond donors (Lipinski definition) is 2. The monoisotopic (exact) mass is 442 g/mol. The second kappa shape index (κ2) is 9.59. The number of nitrogens with zero attached hydrogens (tertiary/aromatic N) is 1. The van der Waals surface area contributed by atoms with Crippen LogP contribution in [0.1, 0.15) is 16.8 Å². The topological polar surface area (TPSA) is 98.6 Å². The summed E-state index contributed by atoms with van der Waals surface area (Å²) in [5.74, 6) is -0.922. The number of pyridine rings is 1. The second-order valence-corrected chi connectivity index (χ2v) is 6.77. The molecule has 0 saturated heterocycles. The number of fused-ring (bicyclic) bond motifs is 1. The first-order valence-electron chi connectivity index (χ1n) is 9.33. The average Bonchev–Trinajstić information content (AvgIpc) is 3.21. The predicted octanol–water partition coefficient (Wildman–Crippen LogP) is 4.72. The lowest BCUT2D eigenvalue weighted by atomic mass is 10.00. The molecule has 2 aromatic carbocycles. The SMILES string of the molecule is Cl.NCc1nccc(-c2cc(COc3ccccc3CC(=O)O)cc3ccoc23)c1F. The largest absolute Gasteiger partial charge is 0.489 e. The summed E-state index contributed by atoms with van der Waals surface area (Å²) >= 11 is 0. The van der Waals surface area contributed by atoms with Gasteiger partial charge in [-0.05, 0) is 35.9 Å². The van der Waals surface area contributed by atoms with Crippen molar-refractivity contribution in [3.8, 4) is 16.9 Å². The number of carbonyl (C=O) groups is 1. The van der Waals surface area contributed by atoms with E-state index in [2.05, 4.69) is 4.98 Å². The first-order valence-corrected chi connectivity index (χ1v) is 9.33. The van der Waals surface area contributed by atoms with E-state index >= 15 is 0 Å². The van der Waals surface area contributed by atoms with Crippen molar-refractivity contribution >= 4 is 29.3 Å². The molecule has 4 rings (SSSR count). The Hall–Kier alpha value is -3.42. The van der Waals surface area contributed by atoms with Crippen molar-refractivity contribution in [2.45, 2.75) is 19.6 Å². The first-order chi connectivity index (χ1) is 14.6. The van der Waals surface area contributed by atoms with Gasteiger partial charge in [-0.3, -0.25) is 9.78 Å². The molecule has 0 spiro atoms. The standard InChI is InChI=1S/C23H19FN2O4.ClH/c24-22-17(5-7-26-19(22)12-25)18-10-14(9-16-6-8-29-23(16)18)13-30-20-4-2-1-3-15(20)11-21(27)28;/h1-10H,11-13,25H2,(H,27,28);1H. The molecule has 0 bridgehead atoms. The molecule has 2 heterocycles. The highest BCUT2D eigenvalue weighted by atomic mass is 35.5. The molecule has 0 atom stereocenters. The summed E-state index contributed by atoms with van der Waals surface area (Å²) in [7, 11) is 0. The molecule has 3 N–H and O–H groups in total. The summed E-state index contributed by atoms with van der Waals surface area (Å²) in [6.07, 6.45) is 2.93. The first kappa shape index (κ1) is 22.3. The molecule has 0 unspecified atom stereocenters. The van der Waals surface area contributed by atoms with Crippen molar-refractivity contribution in [3.05, 3.63) is 83.6 Å². The van der Waals surface area contributed by atoms with Gasteiger partial charge in [0, 0.05) is 34.8 Å². The molecule has 0 aliphatic rings. The van der Waals surface area contributed by atoms with Crippen LogP contribution in [0.5, 0.6) is 5.75 Å². The molecular weight excluding hydrogens is 423 g/mol. The molecule has 8 heteroatoms. The minimum absolute atomic E-state index is 0. The van der Waals surface area contributed by atoms with Crippen molar-refractivity contribution in [1.29, 1.82) is 0 Å². The van der Waals surface area contributed by atoms with Gasteiger partial charge in [-0.15, -0.1) is 12.4 Å². The number of halogens is 2. The number of carboxylic acid groups (broad SMARTS) is 1. The highest BCUT2D eigenvalue weighted by Gasteiger charge is 2.16. The Morgan fingerprint density at radius 2 is 1.97 bits per heavy atom. The van der Waals surface area contributed by atoms with E-state index in [1.807, 2.05) is 6.07 Å². The minimum atomic E-state index is -0.933. The molecule has 6 nitrogen and oxygen atoms in total. The van der Waals surface area contributed by atoms with E-state index in [-0.39, 0.29) is 37.7 Å². The van der Waals surface area contributed by atoms with Gasteiger partial charge in [0.2, 0.25) is 0 Å². The quantitative estimate of drug-likeness (QED) is 0.429. The number of furan rings is 1. The molecule has 0 amide bonds. The van der Waals surface area contributed by atoms with E-state index in [0.717, 1.165) is 10.9 Å². The lowest BCUT2D eigenvalue weighted by Gasteiger charge is -2.12. The maximum atomic E-state index is 14.9. The third kappa shape index (κ3) is 4.68. The van der Waals surface area contributed by atoms with E-state index in [1.54, 1.807) is 48.7 Å². The summed E-state index contributed by atoms with van der Waals surface area (Å²) in [5.41, 5.74) is 8.62. The molecular formula is C23H20ClFN2O4. The van der Waals surface area contributed by atoms with Crippen LogP contribution in [0, 0.1) is 5.82 Å². The fraction of sp³-hybridized carbons (Fsp3) is 0.130. The lowest BCUT2D eigenvalue weighted by molar-refractivity contribution is -0.136. The maximum Gasteiger partial charge on any atom is 0.307 e. The Labute approximate surface area is 183 Å². The van der Waals surface area contributed by atoms with E-state index < -0.39 is 11.8 Å². The molecule has 0 aliphatic carbocycles. The normalized spacial score (nSPS) is 10.6. The van der Waals surface area contributed by atoms with Gasteiger partial charge in [0.1, 0.15) is 17.9 Å². The number of aliphatic carboxylic acids is 1. The van der Waals surface area contributed by atoms with Gasteiger partial charge in [0.05, 0.1) is 18.4 Å². The van der Waals surface area contributed by atoms with Crippen LogP contribution < -0.4 is 10.5 Å². The van der Waals surface area contributed by atoms with Crippen molar-refractivity contribution in [1.82, 2.24) is 4.98 Å². The Morgan fingerprint density at radius 3 is 2.74 bits per heavy atom. The molecule has 160 valence electrons.